The van der Waals surface area contributed by atoms with Gasteiger partial charge in [0.1, 0.15) is 11.6 Å². The van der Waals surface area contributed by atoms with Gasteiger partial charge < -0.3 is 9.47 Å². The summed E-state index contributed by atoms with van der Waals surface area (Å²) in [5, 5.41) is 0.674. The van der Waals surface area contributed by atoms with Gasteiger partial charge in [0.15, 0.2) is 0 Å². The molecule has 1 aromatic heterocycles. The number of rotatable bonds is 6. The molecule has 0 atom stereocenters. The molecule has 0 radical (unpaired) electrons. The van der Waals surface area contributed by atoms with E-state index in [0.717, 1.165) is 11.4 Å². The minimum absolute atomic E-state index is 0.0687. The Morgan fingerprint density at radius 3 is 2.70 bits per heavy atom. The van der Waals surface area contributed by atoms with Crippen molar-refractivity contribution >= 4 is 17.5 Å². The second kappa shape index (κ2) is 8.35. The van der Waals surface area contributed by atoms with E-state index in [0.29, 0.717) is 18.1 Å². The maximum absolute atomic E-state index is 14.1. The molecule has 6 heteroatoms. The average Bonchev–Trinajstić information content (AvgIpc) is 3.06. The number of halogens is 2. The molecule has 2 aromatic carbocycles. The first kappa shape index (κ1) is 19.1. The summed E-state index contributed by atoms with van der Waals surface area (Å²) in [5.41, 5.74) is 1.11. The van der Waals surface area contributed by atoms with E-state index in [4.69, 9.17) is 11.6 Å². The van der Waals surface area contributed by atoms with Gasteiger partial charge in [-0.05, 0) is 43.7 Å². The van der Waals surface area contributed by atoms with Gasteiger partial charge in [0.2, 0.25) is 0 Å². The van der Waals surface area contributed by atoms with Crippen LogP contribution in [0.3, 0.4) is 0 Å². The molecule has 0 fully saturated rings. The second-order valence-electron chi connectivity index (χ2n) is 6.61. The van der Waals surface area contributed by atoms with Crippen LogP contribution in [-0.4, -0.2) is 26.4 Å². The molecule has 0 unspecified atom stereocenters. The minimum atomic E-state index is -0.518. The first-order valence-corrected chi connectivity index (χ1v) is 9.13. The van der Waals surface area contributed by atoms with E-state index in [1.54, 1.807) is 23.2 Å². The van der Waals surface area contributed by atoms with Crippen molar-refractivity contribution in [3.8, 4) is 0 Å². The Morgan fingerprint density at radius 1 is 1.22 bits per heavy atom. The summed E-state index contributed by atoms with van der Waals surface area (Å²) in [7, 11) is 0. The molecule has 0 aliphatic heterocycles. The number of nitrogens with zero attached hydrogens (tertiary/aromatic N) is 3. The molecular formula is C21H21ClFN3O. The monoisotopic (exact) mass is 385 g/mol. The summed E-state index contributed by atoms with van der Waals surface area (Å²) in [6.07, 6.45) is 3.56. The number of carbonyl (C=O) groups excluding carboxylic acids is 1. The van der Waals surface area contributed by atoms with Gasteiger partial charge in [-0.2, -0.15) is 0 Å². The third-order valence-corrected chi connectivity index (χ3v) is 4.58. The van der Waals surface area contributed by atoms with Crippen LogP contribution in [0.1, 0.15) is 35.6 Å². The van der Waals surface area contributed by atoms with Crippen LogP contribution < -0.4 is 0 Å². The normalized spacial score (nSPS) is 11.0. The first-order chi connectivity index (χ1) is 13.0. The molecule has 0 bridgehead atoms. The smallest absolute Gasteiger partial charge is 0.257 e. The Labute approximate surface area is 163 Å². The Kier molecular flexibility index (Phi) is 5.91. The lowest BCUT2D eigenvalue weighted by Gasteiger charge is -2.27. The highest BCUT2D eigenvalue weighted by molar-refractivity contribution is 6.30. The van der Waals surface area contributed by atoms with Crippen molar-refractivity contribution < 1.29 is 9.18 Å². The van der Waals surface area contributed by atoms with Crippen molar-refractivity contribution in [2.45, 2.75) is 33.0 Å². The molecule has 0 aliphatic rings. The minimum Gasteiger partial charge on any atom is -0.329 e. The van der Waals surface area contributed by atoms with Gasteiger partial charge in [-0.1, -0.05) is 35.9 Å². The molecule has 0 N–H and O–H groups in total. The number of hydrogen-bond acceptors (Lipinski definition) is 2. The topological polar surface area (TPSA) is 38.1 Å². The van der Waals surface area contributed by atoms with Gasteiger partial charge in [0, 0.05) is 30.0 Å². The summed E-state index contributed by atoms with van der Waals surface area (Å²) in [6, 6.07) is 13.5. The van der Waals surface area contributed by atoms with Gasteiger partial charge in [-0.15, -0.1) is 0 Å². The summed E-state index contributed by atoms with van der Waals surface area (Å²) in [4.78, 5) is 18.9. The molecule has 140 valence electrons. The van der Waals surface area contributed by atoms with E-state index < -0.39 is 5.82 Å². The van der Waals surface area contributed by atoms with Crippen molar-refractivity contribution in [1.29, 1.82) is 0 Å². The highest BCUT2D eigenvalue weighted by Crippen LogP contribution is 2.17. The number of carbonyl (C=O) groups is 1. The lowest BCUT2D eigenvalue weighted by Crippen LogP contribution is -2.37. The van der Waals surface area contributed by atoms with Crippen LogP contribution in [-0.2, 0) is 13.1 Å². The zero-order valence-electron chi connectivity index (χ0n) is 15.3. The molecule has 0 aliphatic carbocycles. The average molecular weight is 386 g/mol. The zero-order chi connectivity index (χ0) is 19.4. The van der Waals surface area contributed by atoms with Crippen LogP contribution in [0, 0.1) is 5.82 Å². The van der Waals surface area contributed by atoms with E-state index in [9.17, 15) is 9.18 Å². The van der Waals surface area contributed by atoms with Crippen molar-refractivity contribution in [2.75, 3.05) is 0 Å². The second-order valence-corrected chi connectivity index (χ2v) is 7.04. The van der Waals surface area contributed by atoms with Crippen LogP contribution in [0.4, 0.5) is 4.39 Å². The molecule has 3 rings (SSSR count). The third-order valence-electron chi connectivity index (χ3n) is 4.34. The summed E-state index contributed by atoms with van der Waals surface area (Å²) in [6.45, 7) is 4.69. The van der Waals surface area contributed by atoms with Crippen LogP contribution in [0.15, 0.2) is 60.9 Å². The van der Waals surface area contributed by atoms with E-state index >= 15 is 0 Å². The molecule has 27 heavy (non-hydrogen) atoms. The predicted octanol–water partition coefficient (Wildman–Crippen LogP) is 4.77. The summed E-state index contributed by atoms with van der Waals surface area (Å²) < 4.78 is 16.0. The highest BCUT2D eigenvalue weighted by Gasteiger charge is 2.23. The van der Waals surface area contributed by atoms with E-state index in [-0.39, 0.29) is 17.5 Å². The van der Waals surface area contributed by atoms with E-state index in [2.05, 4.69) is 4.98 Å². The number of imidazole rings is 1. The van der Waals surface area contributed by atoms with Gasteiger partial charge in [-0.3, -0.25) is 4.79 Å². The Balaban J connectivity index is 1.83. The molecule has 1 heterocycles. The van der Waals surface area contributed by atoms with E-state index in [1.165, 1.54) is 12.1 Å². The zero-order valence-corrected chi connectivity index (χ0v) is 16.0. The van der Waals surface area contributed by atoms with Gasteiger partial charge >= 0.3 is 0 Å². The van der Waals surface area contributed by atoms with Crippen LogP contribution in [0.25, 0.3) is 0 Å². The Morgan fingerprint density at radius 2 is 2.00 bits per heavy atom. The molecule has 0 saturated heterocycles. The maximum atomic E-state index is 14.1. The molecule has 4 nitrogen and oxygen atoms in total. The van der Waals surface area contributed by atoms with E-state index in [1.807, 2.05) is 48.9 Å². The standard InChI is InChI=1S/C21H21ClFN3O/c1-15(2)26(21(27)18-8-3-4-9-19(18)23)14-20-24-10-11-25(20)13-16-6-5-7-17(22)12-16/h3-12,15H,13-14H2,1-2H3. The molecule has 0 saturated carbocycles. The molecule has 0 spiro atoms. The Bertz CT molecular complexity index is 938. The van der Waals surface area contributed by atoms with Crippen molar-refractivity contribution in [1.82, 2.24) is 14.5 Å². The summed E-state index contributed by atoms with van der Waals surface area (Å²) >= 11 is 6.06. The lowest BCUT2D eigenvalue weighted by molar-refractivity contribution is 0.0678. The van der Waals surface area contributed by atoms with Gasteiger partial charge in [-0.25, -0.2) is 9.37 Å². The van der Waals surface area contributed by atoms with Crippen molar-refractivity contribution in [3.63, 3.8) is 0 Å². The lowest BCUT2D eigenvalue weighted by atomic mass is 10.1. The van der Waals surface area contributed by atoms with Gasteiger partial charge in [0.05, 0.1) is 12.1 Å². The molecule has 3 aromatic rings. The fourth-order valence-electron chi connectivity index (χ4n) is 2.90. The molecular weight excluding hydrogens is 365 g/mol. The van der Waals surface area contributed by atoms with Crippen LogP contribution >= 0.6 is 11.6 Å². The van der Waals surface area contributed by atoms with Crippen LogP contribution in [0.2, 0.25) is 5.02 Å². The SMILES string of the molecule is CC(C)N(Cc1nccn1Cc1cccc(Cl)c1)C(=O)c1ccccc1F. The maximum Gasteiger partial charge on any atom is 0.257 e. The van der Waals surface area contributed by atoms with Gasteiger partial charge in [0.25, 0.3) is 5.91 Å². The third kappa shape index (κ3) is 4.55. The molecule has 1 amide bonds. The fraction of sp³-hybridized carbons (Fsp3) is 0.238. The van der Waals surface area contributed by atoms with Crippen LogP contribution in [0.5, 0.6) is 0 Å². The Hall–Kier alpha value is -2.66. The number of benzene rings is 2. The largest absolute Gasteiger partial charge is 0.329 e. The summed E-state index contributed by atoms with van der Waals surface area (Å²) in [5.74, 6) is -0.135. The van der Waals surface area contributed by atoms with Crippen molar-refractivity contribution in [3.05, 3.63) is 88.7 Å². The quantitative estimate of drug-likeness (QED) is 0.612. The van der Waals surface area contributed by atoms with Crippen molar-refractivity contribution in [2.24, 2.45) is 0 Å². The number of hydrogen-bond donors (Lipinski definition) is 0. The highest BCUT2D eigenvalue weighted by atomic mass is 35.5. The number of aromatic nitrogens is 2. The predicted molar refractivity (Wildman–Crippen MR) is 104 cm³/mol. The fourth-order valence-corrected chi connectivity index (χ4v) is 3.11. The first-order valence-electron chi connectivity index (χ1n) is 8.75. The number of amides is 1.